The fourth-order valence-corrected chi connectivity index (χ4v) is 3.64. The van der Waals surface area contributed by atoms with Gasteiger partial charge in [0.05, 0.1) is 17.0 Å². The average molecular weight is 416 g/mol. The molecule has 0 saturated carbocycles. The Bertz CT molecular complexity index is 901. The highest BCUT2D eigenvalue weighted by Gasteiger charge is 2.11. The highest BCUT2D eigenvalue weighted by Crippen LogP contribution is 2.26. The van der Waals surface area contributed by atoms with E-state index in [1.54, 1.807) is 0 Å². The molecule has 0 spiro atoms. The van der Waals surface area contributed by atoms with E-state index < -0.39 is 0 Å². The van der Waals surface area contributed by atoms with Gasteiger partial charge in [-0.3, -0.25) is 4.79 Å². The van der Waals surface area contributed by atoms with E-state index >= 15 is 0 Å². The molecule has 0 radical (unpaired) electrons. The van der Waals surface area contributed by atoms with E-state index in [0.29, 0.717) is 5.75 Å². The largest absolute Gasteiger partial charge is 0.324 e. The van der Waals surface area contributed by atoms with Crippen LogP contribution in [-0.2, 0) is 11.2 Å². The third kappa shape index (κ3) is 4.58. The molecule has 1 heterocycles. The lowest BCUT2D eigenvalue weighted by Gasteiger charge is -2.09. The zero-order valence-corrected chi connectivity index (χ0v) is 16.2. The first-order valence-corrected chi connectivity index (χ1v) is 9.88. The molecule has 25 heavy (non-hydrogen) atoms. The lowest BCUT2D eigenvalue weighted by Crippen LogP contribution is -2.14. The van der Waals surface area contributed by atoms with Gasteiger partial charge in [0.15, 0.2) is 0 Å². The maximum absolute atomic E-state index is 12.3. The molecule has 4 nitrogen and oxygen atoms in total. The lowest BCUT2D eigenvalue weighted by molar-refractivity contribution is -0.113. The van der Waals surface area contributed by atoms with E-state index in [0.717, 1.165) is 44.8 Å². The van der Waals surface area contributed by atoms with E-state index in [-0.39, 0.29) is 5.91 Å². The van der Waals surface area contributed by atoms with Crippen molar-refractivity contribution >= 4 is 50.2 Å². The third-order valence-corrected chi connectivity index (χ3v) is 5.26. The molecule has 0 bridgehead atoms. The molecule has 128 valence electrons. The molecule has 0 unspecified atom stereocenters. The second kappa shape index (κ2) is 8.45. The summed E-state index contributed by atoms with van der Waals surface area (Å²) in [6.45, 7) is 2.11. The van der Waals surface area contributed by atoms with Gasteiger partial charge in [0.1, 0.15) is 10.9 Å². The van der Waals surface area contributed by atoms with Crippen LogP contribution in [0, 0.1) is 0 Å². The van der Waals surface area contributed by atoms with Crippen molar-refractivity contribution in [2.75, 3.05) is 11.1 Å². The topological polar surface area (TPSA) is 54.9 Å². The number of hydrogen-bond donors (Lipinski definition) is 1. The van der Waals surface area contributed by atoms with Crippen molar-refractivity contribution in [3.8, 4) is 0 Å². The number of para-hydroxylation sites is 2. The van der Waals surface area contributed by atoms with Crippen molar-refractivity contribution in [3.63, 3.8) is 0 Å². The molecule has 2 aromatic carbocycles. The Morgan fingerprint density at radius 1 is 1.12 bits per heavy atom. The summed E-state index contributed by atoms with van der Waals surface area (Å²) in [6, 6.07) is 15.5. The maximum Gasteiger partial charge on any atom is 0.234 e. The van der Waals surface area contributed by atoms with Gasteiger partial charge >= 0.3 is 0 Å². The van der Waals surface area contributed by atoms with E-state index in [1.165, 1.54) is 11.8 Å². The van der Waals surface area contributed by atoms with E-state index in [9.17, 15) is 4.79 Å². The Morgan fingerprint density at radius 3 is 2.68 bits per heavy atom. The van der Waals surface area contributed by atoms with Gasteiger partial charge in [0.2, 0.25) is 5.91 Å². The van der Waals surface area contributed by atoms with Gasteiger partial charge in [0, 0.05) is 16.3 Å². The number of carbonyl (C=O) groups is 1. The van der Waals surface area contributed by atoms with Crippen molar-refractivity contribution in [3.05, 3.63) is 58.8 Å². The summed E-state index contributed by atoms with van der Waals surface area (Å²) in [5, 5.41) is 4.76. The smallest absolute Gasteiger partial charge is 0.234 e. The van der Waals surface area contributed by atoms with Crippen LogP contribution >= 0.6 is 27.7 Å². The molecule has 0 aliphatic rings. The number of amides is 1. The molecule has 0 atom stereocenters. The van der Waals surface area contributed by atoms with E-state index in [1.807, 2.05) is 48.5 Å². The summed E-state index contributed by atoms with van der Waals surface area (Å²) < 4.78 is 0.867. The number of anilines is 1. The summed E-state index contributed by atoms with van der Waals surface area (Å²) >= 11 is 4.88. The van der Waals surface area contributed by atoms with Crippen molar-refractivity contribution < 1.29 is 4.79 Å². The number of nitrogens with one attached hydrogen (secondary N) is 1. The molecular weight excluding hydrogens is 398 g/mol. The summed E-state index contributed by atoms with van der Waals surface area (Å²) in [5.74, 6) is 1.07. The Kier molecular flexibility index (Phi) is 6.04. The molecular formula is C19H18BrN3OS. The zero-order chi connectivity index (χ0) is 17.6. The first-order valence-electron chi connectivity index (χ1n) is 8.10. The molecule has 0 aliphatic carbocycles. The highest BCUT2D eigenvalue weighted by atomic mass is 79.9. The second-order valence-corrected chi connectivity index (χ2v) is 7.35. The number of fused-ring (bicyclic) bond motifs is 1. The Hall–Kier alpha value is -1.92. The van der Waals surface area contributed by atoms with Crippen LogP contribution in [-0.4, -0.2) is 21.6 Å². The number of aryl methyl sites for hydroxylation is 1. The maximum atomic E-state index is 12.3. The summed E-state index contributed by atoms with van der Waals surface area (Å²) in [5.41, 5.74) is 1.70. The molecule has 0 fully saturated rings. The van der Waals surface area contributed by atoms with Crippen LogP contribution in [0.4, 0.5) is 5.69 Å². The van der Waals surface area contributed by atoms with Gasteiger partial charge in [-0.05, 0) is 40.5 Å². The van der Waals surface area contributed by atoms with Crippen LogP contribution in [0.5, 0.6) is 0 Å². The molecule has 0 saturated heterocycles. The molecule has 1 amide bonds. The first-order chi connectivity index (χ1) is 12.2. The van der Waals surface area contributed by atoms with Crippen LogP contribution in [0.1, 0.15) is 19.2 Å². The van der Waals surface area contributed by atoms with Gasteiger partial charge in [0.25, 0.3) is 0 Å². The van der Waals surface area contributed by atoms with Gasteiger partial charge in [-0.25, -0.2) is 9.97 Å². The molecule has 0 aliphatic heterocycles. The number of thioether (sulfide) groups is 1. The van der Waals surface area contributed by atoms with Crippen LogP contribution in [0.3, 0.4) is 0 Å². The summed E-state index contributed by atoms with van der Waals surface area (Å²) in [7, 11) is 0. The number of aromatic nitrogens is 2. The third-order valence-electron chi connectivity index (χ3n) is 3.58. The van der Waals surface area contributed by atoms with Gasteiger partial charge in [-0.15, -0.1) is 0 Å². The Balaban J connectivity index is 1.76. The quantitative estimate of drug-likeness (QED) is 0.450. The molecule has 1 N–H and O–H groups in total. The normalized spacial score (nSPS) is 10.8. The number of hydrogen-bond acceptors (Lipinski definition) is 4. The number of rotatable bonds is 6. The minimum Gasteiger partial charge on any atom is -0.324 e. The van der Waals surface area contributed by atoms with Crippen LogP contribution in [0.25, 0.3) is 10.9 Å². The molecule has 3 aromatic rings. The SMILES string of the molecule is CCCc1nc(SCC(=O)Nc2ccccc2Br)c2ccccc2n1. The van der Waals surface area contributed by atoms with E-state index in [4.69, 9.17) is 0 Å². The van der Waals surface area contributed by atoms with Crippen LogP contribution in [0.15, 0.2) is 58.0 Å². The standard InChI is InChI=1S/C19H18BrN3OS/c1-2-7-17-21-15-10-5-3-8-13(15)19(23-17)25-12-18(24)22-16-11-6-4-9-14(16)20/h3-6,8-11H,2,7,12H2,1H3,(H,22,24). The zero-order valence-electron chi connectivity index (χ0n) is 13.8. The van der Waals surface area contributed by atoms with Crippen LogP contribution < -0.4 is 5.32 Å². The van der Waals surface area contributed by atoms with Gasteiger partial charge in [-0.1, -0.05) is 49.0 Å². The lowest BCUT2D eigenvalue weighted by atomic mass is 10.2. The summed E-state index contributed by atoms with van der Waals surface area (Å²) in [4.78, 5) is 21.5. The minimum atomic E-state index is -0.0587. The van der Waals surface area contributed by atoms with Crippen LogP contribution in [0.2, 0.25) is 0 Å². The molecule has 1 aromatic heterocycles. The summed E-state index contributed by atoms with van der Waals surface area (Å²) in [6.07, 6.45) is 1.83. The monoisotopic (exact) mass is 415 g/mol. The van der Waals surface area contributed by atoms with Gasteiger partial charge in [-0.2, -0.15) is 0 Å². The van der Waals surface area contributed by atoms with Crippen molar-refractivity contribution in [1.82, 2.24) is 9.97 Å². The van der Waals surface area contributed by atoms with Crippen molar-refractivity contribution in [2.24, 2.45) is 0 Å². The molecule has 6 heteroatoms. The fourth-order valence-electron chi connectivity index (χ4n) is 2.42. The minimum absolute atomic E-state index is 0.0587. The molecule has 3 rings (SSSR count). The fraction of sp³-hybridized carbons (Fsp3) is 0.211. The first kappa shape index (κ1) is 17.9. The predicted octanol–water partition coefficient (Wildman–Crippen LogP) is 5.08. The van der Waals surface area contributed by atoms with E-state index in [2.05, 4.69) is 38.1 Å². The number of halogens is 1. The Morgan fingerprint density at radius 2 is 1.88 bits per heavy atom. The number of benzene rings is 2. The predicted molar refractivity (Wildman–Crippen MR) is 107 cm³/mol. The second-order valence-electron chi connectivity index (χ2n) is 5.53. The average Bonchev–Trinajstić information content (AvgIpc) is 2.62. The van der Waals surface area contributed by atoms with Crippen molar-refractivity contribution in [1.29, 1.82) is 0 Å². The number of nitrogens with zero attached hydrogens (tertiary/aromatic N) is 2. The van der Waals surface area contributed by atoms with Crippen molar-refractivity contribution in [2.45, 2.75) is 24.8 Å². The van der Waals surface area contributed by atoms with Gasteiger partial charge < -0.3 is 5.32 Å². The number of carbonyl (C=O) groups excluding carboxylic acids is 1. The Labute approximate surface area is 159 Å². The highest BCUT2D eigenvalue weighted by molar-refractivity contribution is 9.10.